The first kappa shape index (κ1) is 13.3. The molecule has 0 spiro atoms. The van der Waals surface area contributed by atoms with Crippen LogP contribution in [-0.2, 0) is 0 Å². The lowest BCUT2D eigenvalue weighted by Gasteiger charge is -2.13. The number of nitrogens with one attached hydrogen (secondary N) is 1. The van der Waals surface area contributed by atoms with Gasteiger partial charge in [-0.2, -0.15) is 0 Å². The molecule has 0 aliphatic heterocycles. The summed E-state index contributed by atoms with van der Waals surface area (Å²) in [5.74, 6) is 0.172. The summed E-state index contributed by atoms with van der Waals surface area (Å²) in [6.07, 6.45) is 0.451. The highest BCUT2D eigenvalue weighted by Gasteiger charge is 2.10. The van der Waals surface area contributed by atoms with Crippen LogP contribution in [-0.4, -0.2) is 10.8 Å². The Balaban J connectivity index is 2.08. The van der Waals surface area contributed by atoms with E-state index in [1.54, 1.807) is 18.2 Å². The van der Waals surface area contributed by atoms with Gasteiger partial charge in [0, 0.05) is 18.2 Å². The Morgan fingerprint density at radius 3 is 2.53 bits per heavy atom. The third-order valence-electron chi connectivity index (χ3n) is 3.12. The van der Waals surface area contributed by atoms with Crippen LogP contribution in [0.15, 0.2) is 48.5 Å². The van der Waals surface area contributed by atoms with E-state index < -0.39 is 0 Å². The van der Waals surface area contributed by atoms with Crippen molar-refractivity contribution < 1.29 is 5.11 Å². The maximum atomic E-state index is 9.42. The molecule has 0 aliphatic carbocycles. The van der Waals surface area contributed by atoms with Crippen LogP contribution >= 0.6 is 0 Å². The van der Waals surface area contributed by atoms with Crippen molar-refractivity contribution in [2.24, 2.45) is 5.73 Å². The van der Waals surface area contributed by atoms with E-state index in [1.165, 1.54) is 5.56 Å². The van der Waals surface area contributed by atoms with Crippen molar-refractivity contribution >= 4 is 5.71 Å². The monoisotopic (exact) mass is 254 g/mol. The van der Waals surface area contributed by atoms with E-state index in [0.717, 1.165) is 5.56 Å². The molecule has 0 heterocycles. The summed E-state index contributed by atoms with van der Waals surface area (Å²) in [6.45, 7) is 2.03. The molecule has 0 bridgehead atoms. The molecule has 0 aliphatic rings. The first-order chi connectivity index (χ1) is 9.06. The second kappa shape index (κ2) is 5.67. The maximum Gasteiger partial charge on any atom is 0.116 e. The SMILES string of the molecule is Cc1ccc(C(N)CC(=N)c2cccc(O)c2)cc1. The molecule has 1 unspecified atom stereocenters. The summed E-state index contributed by atoms with van der Waals surface area (Å²) in [5, 5.41) is 17.5. The minimum absolute atomic E-state index is 0.172. The summed E-state index contributed by atoms with van der Waals surface area (Å²) in [4.78, 5) is 0. The molecule has 1 atom stereocenters. The molecular weight excluding hydrogens is 236 g/mol. The van der Waals surface area contributed by atoms with Gasteiger partial charge in [-0.25, -0.2) is 0 Å². The van der Waals surface area contributed by atoms with Crippen molar-refractivity contribution in [3.63, 3.8) is 0 Å². The van der Waals surface area contributed by atoms with Gasteiger partial charge in [-0.1, -0.05) is 42.0 Å². The average molecular weight is 254 g/mol. The van der Waals surface area contributed by atoms with Gasteiger partial charge in [0.1, 0.15) is 5.75 Å². The molecule has 0 amide bonds. The molecule has 4 N–H and O–H groups in total. The Morgan fingerprint density at radius 1 is 1.21 bits per heavy atom. The van der Waals surface area contributed by atoms with Crippen molar-refractivity contribution in [1.29, 1.82) is 5.41 Å². The van der Waals surface area contributed by atoms with E-state index in [1.807, 2.05) is 37.3 Å². The lowest BCUT2D eigenvalue weighted by molar-refractivity contribution is 0.475. The number of phenols is 1. The zero-order valence-corrected chi connectivity index (χ0v) is 10.9. The number of phenolic OH excluding ortho intramolecular Hbond substituents is 1. The van der Waals surface area contributed by atoms with Gasteiger partial charge < -0.3 is 16.2 Å². The van der Waals surface area contributed by atoms with Gasteiger partial charge >= 0.3 is 0 Å². The number of aryl methyl sites for hydroxylation is 1. The second-order valence-electron chi connectivity index (χ2n) is 4.75. The fraction of sp³-hybridized carbons (Fsp3) is 0.188. The van der Waals surface area contributed by atoms with E-state index in [-0.39, 0.29) is 11.8 Å². The second-order valence-corrected chi connectivity index (χ2v) is 4.75. The van der Waals surface area contributed by atoms with Crippen molar-refractivity contribution in [3.8, 4) is 5.75 Å². The summed E-state index contributed by atoms with van der Waals surface area (Å²) in [7, 11) is 0. The Kier molecular flexibility index (Phi) is 3.97. The quantitative estimate of drug-likeness (QED) is 0.733. The average Bonchev–Trinajstić information content (AvgIpc) is 2.39. The standard InChI is InChI=1S/C16H18N2O/c1-11-5-7-12(8-6-11)15(17)10-16(18)13-3-2-4-14(19)9-13/h2-9,15,18-19H,10,17H2,1H3. The van der Waals surface area contributed by atoms with Crippen LogP contribution in [0.2, 0.25) is 0 Å². The Labute approximate surface area is 113 Å². The Bertz CT molecular complexity index is 576. The van der Waals surface area contributed by atoms with E-state index in [4.69, 9.17) is 11.1 Å². The highest BCUT2D eigenvalue weighted by molar-refractivity contribution is 5.98. The van der Waals surface area contributed by atoms with Gasteiger partial charge in [-0.05, 0) is 30.2 Å². The smallest absolute Gasteiger partial charge is 0.116 e. The van der Waals surface area contributed by atoms with Crippen LogP contribution in [0.25, 0.3) is 0 Å². The minimum Gasteiger partial charge on any atom is -0.508 e. The highest BCUT2D eigenvalue weighted by atomic mass is 16.3. The topological polar surface area (TPSA) is 70.1 Å². The molecule has 0 radical (unpaired) electrons. The van der Waals surface area contributed by atoms with Crippen molar-refractivity contribution in [1.82, 2.24) is 0 Å². The van der Waals surface area contributed by atoms with Crippen molar-refractivity contribution in [3.05, 3.63) is 65.2 Å². The number of aromatic hydroxyl groups is 1. The Morgan fingerprint density at radius 2 is 1.89 bits per heavy atom. The van der Waals surface area contributed by atoms with Gasteiger partial charge in [0.25, 0.3) is 0 Å². The van der Waals surface area contributed by atoms with Gasteiger partial charge in [0.05, 0.1) is 0 Å². The first-order valence-electron chi connectivity index (χ1n) is 6.25. The maximum absolute atomic E-state index is 9.42. The van der Waals surface area contributed by atoms with E-state index in [9.17, 15) is 5.11 Å². The number of hydrogen-bond acceptors (Lipinski definition) is 3. The molecule has 2 rings (SSSR count). The Hall–Kier alpha value is -2.13. The molecule has 19 heavy (non-hydrogen) atoms. The minimum atomic E-state index is -0.199. The predicted molar refractivity (Wildman–Crippen MR) is 77.7 cm³/mol. The van der Waals surface area contributed by atoms with Crippen molar-refractivity contribution in [2.45, 2.75) is 19.4 Å². The van der Waals surface area contributed by atoms with Gasteiger partial charge in [0.2, 0.25) is 0 Å². The molecule has 0 fully saturated rings. The van der Waals surface area contributed by atoms with E-state index >= 15 is 0 Å². The fourth-order valence-corrected chi connectivity index (χ4v) is 1.96. The van der Waals surface area contributed by atoms with Crippen LogP contribution in [0, 0.1) is 12.3 Å². The molecule has 3 heteroatoms. The lowest BCUT2D eigenvalue weighted by atomic mass is 9.97. The number of hydrogen-bond donors (Lipinski definition) is 3. The zero-order chi connectivity index (χ0) is 13.8. The third-order valence-corrected chi connectivity index (χ3v) is 3.12. The number of nitrogens with two attached hydrogens (primary N) is 1. The molecular formula is C16H18N2O. The summed E-state index contributed by atoms with van der Waals surface area (Å²) >= 11 is 0. The van der Waals surface area contributed by atoms with Crippen LogP contribution < -0.4 is 5.73 Å². The first-order valence-corrected chi connectivity index (χ1v) is 6.25. The number of rotatable bonds is 4. The highest BCUT2D eigenvalue weighted by Crippen LogP contribution is 2.19. The zero-order valence-electron chi connectivity index (χ0n) is 10.9. The molecule has 2 aromatic rings. The van der Waals surface area contributed by atoms with E-state index in [2.05, 4.69) is 0 Å². The van der Waals surface area contributed by atoms with Gasteiger partial charge in [-0.15, -0.1) is 0 Å². The lowest BCUT2D eigenvalue weighted by Crippen LogP contribution is -2.15. The predicted octanol–water partition coefficient (Wildman–Crippen LogP) is 3.16. The summed E-state index contributed by atoms with van der Waals surface area (Å²) < 4.78 is 0. The molecule has 3 nitrogen and oxygen atoms in total. The third kappa shape index (κ3) is 3.42. The summed E-state index contributed by atoms with van der Waals surface area (Å²) in [6, 6.07) is 14.6. The molecule has 0 aromatic heterocycles. The molecule has 2 aromatic carbocycles. The number of benzene rings is 2. The van der Waals surface area contributed by atoms with Crippen LogP contribution in [0.5, 0.6) is 5.75 Å². The van der Waals surface area contributed by atoms with Gasteiger partial charge in [-0.3, -0.25) is 0 Å². The molecule has 0 saturated carbocycles. The van der Waals surface area contributed by atoms with Crippen LogP contribution in [0.1, 0.15) is 29.2 Å². The normalized spacial score (nSPS) is 12.1. The van der Waals surface area contributed by atoms with Crippen molar-refractivity contribution in [2.75, 3.05) is 0 Å². The fourth-order valence-electron chi connectivity index (χ4n) is 1.96. The largest absolute Gasteiger partial charge is 0.508 e. The molecule has 0 saturated heterocycles. The van der Waals surface area contributed by atoms with E-state index in [0.29, 0.717) is 17.7 Å². The van der Waals surface area contributed by atoms with Crippen LogP contribution in [0.4, 0.5) is 0 Å². The van der Waals surface area contributed by atoms with Crippen LogP contribution in [0.3, 0.4) is 0 Å². The van der Waals surface area contributed by atoms with Gasteiger partial charge in [0.15, 0.2) is 0 Å². The molecule has 98 valence electrons. The summed E-state index contributed by atoms with van der Waals surface area (Å²) in [5.41, 5.74) is 9.48.